The number of quaternary nitrogens is 1. The zero-order chi connectivity index (χ0) is 20.9. The van der Waals surface area contributed by atoms with Crippen LogP contribution in [0.25, 0.3) is 5.57 Å². The number of carbonyl (C=O) groups excluding carboxylic acids is 1. The van der Waals surface area contributed by atoms with Crippen LogP contribution >= 0.6 is 0 Å². The second kappa shape index (κ2) is 9.35. The first-order valence-corrected chi connectivity index (χ1v) is 10.8. The predicted molar refractivity (Wildman–Crippen MR) is 118 cm³/mol. The summed E-state index contributed by atoms with van der Waals surface area (Å²) in [5.74, 6) is 1.95. The fraction of sp³-hybridized carbons (Fsp3) is 0.400. The Balaban J connectivity index is 1.43. The van der Waals surface area contributed by atoms with Gasteiger partial charge in [-0.05, 0) is 35.8 Å². The van der Waals surface area contributed by atoms with E-state index in [9.17, 15) is 4.79 Å². The van der Waals surface area contributed by atoms with Crippen molar-refractivity contribution in [3.05, 3.63) is 65.7 Å². The van der Waals surface area contributed by atoms with Gasteiger partial charge in [-0.15, -0.1) is 0 Å². The van der Waals surface area contributed by atoms with Crippen LogP contribution in [0, 0.1) is 0 Å². The highest BCUT2D eigenvalue weighted by Crippen LogP contribution is 2.31. The fourth-order valence-corrected chi connectivity index (χ4v) is 4.73. The number of nitrogens with one attached hydrogen (secondary N) is 1. The van der Waals surface area contributed by atoms with Crippen LogP contribution in [0.3, 0.4) is 0 Å². The van der Waals surface area contributed by atoms with Crippen molar-refractivity contribution in [1.29, 1.82) is 0 Å². The molecule has 2 aliphatic heterocycles. The largest absolute Gasteiger partial charge is 0.497 e. The second-order valence-electron chi connectivity index (χ2n) is 8.07. The number of carbonyl (C=O) groups is 1. The topological polar surface area (TPSA) is 43.2 Å². The van der Waals surface area contributed by atoms with Gasteiger partial charge in [0, 0.05) is 25.9 Å². The summed E-state index contributed by atoms with van der Waals surface area (Å²) in [7, 11) is 3.39. The van der Waals surface area contributed by atoms with Crippen molar-refractivity contribution < 1.29 is 19.2 Å². The molecule has 5 heteroatoms. The van der Waals surface area contributed by atoms with Gasteiger partial charge < -0.3 is 19.3 Å². The van der Waals surface area contributed by atoms with E-state index in [1.807, 2.05) is 23.1 Å². The van der Waals surface area contributed by atoms with Gasteiger partial charge in [0.05, 0.1) is 26.3 Å². The smallest absolute Gasteiger partial charge is 0.278 e. The van der Waals surface area contributed by atoms with Gasteiger partial charge in [-0.2, -0.15) is 0 Å². The van der Waals surface area contributed by atoms with E-state index in [1.54, 1.807) is 14.2 Å². The molecule has 5 nitrogen and oxygen atoms in total. The lowest BCUT2D eigenvalue weighted by Crippen LogP contribution is -3.11. The van der Waals surface area contributed by atoms with Crippen LogP contribution in [-0.2, 0) is 4.79 Å². The van der Waals surface area contributed by atoms with Crippen molar-refractivity contribution in [2.24, 2.45) is 0 Å². The molecule has 1 unspecified atom stereocenters. The number of hydrogen-bond acceptors (Lipinski definition) is 3. The molecule has 0 aromatic heterocycles. The third kappa shape index (κ3) is 4.36. The molecule has 158 valence electrons. The zero-order valence-electron chi connectivity index (χ0n) is 17.9. The number of ether oxygens (including phenoxy) is 2. The average molecular weight is 408 g/mol. The van der Waals surface area contributed by atoms with Gasteiger partial charge in [0.2, 0.25) is 0 Å². The second-order valence-corrected chi connectivity index (χ2v) is 8.07. The zero-order valence-corrected chi connectivity index (χ0v) is 17.9. The van der Waals surface area contributed by atoms with Crippen LogP contribution in [0.1, 0.15) is 36.4 Å². The maximum absolute atomic E-state index is 13.1. The Kier molecular flexibility index (Phi) is 6.38. The Labute approximate surface area is 178 Å². The van der Waals surface area contributed by atoms with Gasteiger partial charge in [0.1, 0.15) is 17.5 Å². The van der Waals surface area contributed by atoms with Crippen molar-refractivity contribution in [2.75, 3.05) is 40.4 Å². The van der Waals surface area contributed by atoms with Gasteiger partial charge in [-0.25, -0.2) is 0 Å². The maximum atomic E-state index is 13.1. The lowest BCUT2D eigenvalue weighted by atomic mass is 9.99. The van der Waals surface area contributed by atoms with E-state index < -0.39 is 0 Å². The molecule has 2 heterocycles. The summed E-state index contributed by atoms with van der Waals surface area (Å²) in [5.41, 5.74) is 3.74. The average Bonchev–Trinajstić information content (AvgIpc) is 3.27. The number of likely N-dealkylation sites (tertiary alicyclic amines) is 1. The monoisotopic (exact) mass is 407 g/mol. The summed E-state index contributed by atoms with van der Waals surface area (Å²) in [5, 5.41) is 0. The van der Waals surface area contributed by atoms with E-state index in [0.717, 1.165) is 49.4 Å². The third-order valence-electron chi connectivity index (χ3n) is 6.38. The molecular formula is C25H31N2O3+. The first-order chi connectivity index (χ1) is 14.7. The Hall–Kier alpha value is -2.79. The fourth-order valence-electron chi connectivity index (χ4n) is 4.73. The standard InChI is InChI=1S/C25H30N2O3/c1-29-21-10-11-24(30-2)22(17-21)23-9-6-14-27(23)18-25(28)26-15-12-20(13-16-26)19-7-4-3-5-8-19/h3-5,7-8,10-12,17,23H,6,9,13-16,18H2,1-2H3/p+1/t23-/m0/s1. The Bertz CT molecular complexity index is 910. The van der Waals surface area contributed by atoms with E-state index in [0.29, 0.717) is 13.1 Å². The van der Waals surface area contributed by atoms with Crippen molar-refractivity contribution in [1.82, 2.24) is 4.90 Å². The van der Waals surface area contributed by atoms with Gasteiger partial charge in [0.15, 0.2) is 6.54 Å². The summed E-state index contributed by atoms with van der Waals surface area (Å²) >= 11 is 0. The minimum Gasteiger partial charge on any atom is -0.497 e. The van der Waals surface area contributed by atoms with Gasteiger partial charge >= 0.3 is 0 Å². The quantitative estimate of drug-likeness (QED) is 0.801. The molecule has 0 aliphatic carbocycles. The van der Waals surface area contributed by atoms with Crippen LogP contribution in [0.2, 0.25) is 0 Å². The van der Waals surface area contributed by atoms with E-state index in [1.165, 1.54) is 16.0 Å². The number of benzene rings is 2. The van der Waals surface area contributed by atoms with Crippen molar-refractivity contribution >= 4 is 11.5 Å². The SMILES string of the molecule is COc1ccc(OC)c([C@@H]2CCC[NH+]2CC(=O)N2CC=C(c3ccccc3)CC2)c1. The molecule has 2 aromatic rings. The van der Waals surface area contributed by atoms with E-state index in [-0.39, 0.29) is 11.9 Å². The van der Waals surface area contributed by atoms with Crippen molar-refractivity contribution in [3.63, 3.8) is 0 Å². The number of nitrogens with zero attached hydrogens (tertiary/aromatic N) is 1. The molecule has 1 amide bonds. The summed E-state index contributed by atoms with van der Waals surface area (Å²) in [4.78, 5) is 16.4. The summed E-state index contributed by atoms with van der Waals surface area (Å²) in [6.07, 6.45) is 5.30. The predicted octanol–water partition coefficient (Wildman–Crippen LogP) is 2.74. The molecule has 2 aliphatic rings. The van der Waals surface area contributed by atoms with E-state index >= 15 is 0 Å². The maximum Gasteiger partial charge on any atom is 0.278 e. The van der Waals surface area contributed by atoms with Crippen LogP contribution in [0.4, 0.5) is 0 Å². The molecule has 2 atom stereocenters. The number of methoxy groups -OCH3 is 2. The van der Waals surface area contributed by atoms with Gasteiger partial charge in [0.25, 0.3) is 5.91 Å². The first-order valence-electron chi connectivity index (χ1n) is 10.8. The van der Waals surface area contributed by atoms with Crippen LogP contribution in [0.15, 0.2) is 54.6 Å². The molecule has 4 rings (SSSR count). The molecule has 1 fully saturated rings. The molecule has 0 saturated carbocycles. The van der Waals surface area contributed by atoms with Gasteiger partial charge in [-0.1, -0.05) is 36.4 Å². The number of rotatable bonds is 6. The molecular weight excluding hydrogens is 376 g/mol. The van der Waals surface area contributed by atoms with E-state index in [2.05, 4.69) is 36.4 Å². The Morgan fingerprint density at radius 1 is 1.13 bits per heavy atom. The van der Waals surface area contributed by atoms with Crippen LogP contribution in [0.5, 0.6) is 11.5 Å². The summed E-state index contributed by atoms with van der Waals surface area (Å²) in [6.45, 7) is 3.03. The Morgan fingerprint density at radius 3 is 2.67 bits per heavy atom. The molecule has 1 saturated heterocycles. The third-order valence-corrected chi connectivity index (χ3v) is 6.38. The molecule has 0 bridgehead atoms. The van der Waals surface area contributed by atoms with Crippen LogP contribution < -0.4 is 14.4 Å². The van der Waals surface area contributed by atoms with Gasteiger partial charge in [-0.3, -0.25) is 4.79 Å². The molecule has 30 heavy (non-hydrogen) atoms. The lowest BCUT2D eigenvalue weighted by molar-refractivity contribution is -0.910. The minimum absolute atomic E-state index is 0.238. The van der Waals surface area contributed by atoms with Crippen molar-refractivity contribution in [2.45, 2.75) is 25.3 Å². The molecule has 0 spiro atoms. The molecule has 0 radical (unpaired) electrons. The van der Waals surface area contributed by atoms with E-state index in [4.69, 9.17) is 9.47 Å². The highest BCUT2D eigenvalue weighted by molar-refractivity contribution is 5.79. The van der Waals surface area contributed by atoms with Crippen LogP contribution in [-0.4, -0.2) is 51.2 Å². The van der Waals surface area contributed by atoms with Crippen molar-refractivity contribution in [3.8, 4) is 11.5 Å². The highest BCUT2D eigenvalue weighted by Gasteiger charge is 2.35. The Morgan fingerprint density at radius 2 is 1.97 bits per heavy atom. The minimum atomic E-state index is 0.238. The first kappa shape index (κ1) is 20.5. The normalized spacial score (nSPS) is 21.3. The number of amides is 1. The lowest BCUT2D eigenvalue weighted by Gasteiger charge is -2.29. The highest BCUT2D eigenvalue weighted by atomic mass is 16.5. The molecule has 1 N–H and O–H groups in total. The summed E-state index contributed by atoms with van der Waals surface area (Å²) in [6, 6.07) is 16.7. The number of hydrogen-bond donors (Lipinski definition) is 1. The summed E-state index contributed by atoms with van der Waals surface area (Å²) < 4.78 is 11.0. The molecule has 2 aromatic carbocycles.